The van der Waals surface area contributed by atoms with Crippen LogP contribution in [0.25, 0.3) is 6.08 Å². The topological polar surface area (TPSA) is 99.0 Å². The van der Waals surface area contributed by atoms with Gasteiger partial charge in [-0.05, 0) is 48.0 Å². The first-order valence-electron chi connectivity index (χ1n) is 9.85. The fourth-order valence-electron chi connectivity index (χ4n) is 3.16. The van der Waals surface area contributed by atoms with Crippen LogP contribution in [0.5, 0.6) is 11.5 Å². The molecule has 3 aromatic rings. The number of para-hydroxylation sites is 1. The Morgan fingerprint density at radius 2 is 1.76 bits per heavy atom. The van der Waals surface area contributed by atoms with Crippen molar-refractivity contribution >= 4 is 57.6 Å². The number of thioether (sulfide) groups is 1. The van der Waals surface area contributed by atoms with Gasteiger partial charge in [0.25, 0.3) is 11.6 Å². The summed E-state index contributed by atoms with van der Waals surface area (Å²) in [7, 11) is 1.43. The highest BCUT2D eigenvalue weighted by molar-refractivity contribution is 8.27. The molecule has 0 unspecified atom stereocenters. The number of carbonyl (C=O) groups is 2. The van der Waals surface area contributed by atoms with Crippen molar-refractivity contribution in [2.24, 2.45) is 0 Å². The smallest absolute Gasteiger partial charge is 0.343 e. The van der Waals surface area contributed by atoms with Gasteiger partial charge < -0.3 is 9.47 Å². The maximum atomic E-state index is 12.9. The van der Waals surface area contributed by atoms with Gasteiger partial charge >= 0.3 is 5.97 Å². The van der Waals surface area contributed by atoms with Crippen LogP contribution >= 0.6 is 24.0 Å². The Labute approximate surface area is 203 Å². The fraction of sp³-hybridized carbons (Fsp3) is 0.0417. The summed E-state index contributed by atoms with van der Waals surface area (Å²) < 4.78 is 11.2. The number of nitrogens with zero attached hydrogens (tertiary/aromatic N) is 2. The van der Waals surface area contributed by atoms with Gasteiger partial charge in [-0.1, -0.05) is 48.2 Å². The number of hydrogen-bond acceptors (Lipinski definition) is 8. The number of thiocarbonyl (C=S) groups is 1. The summed E-state index contributed by atoms with van der Waals surface area (Å²) >= 11 is 6.58. The van der Waals surface area contributed by atoms with Crippen molar-refractivity contribution in [1.82, 2.24) is 0 Å². The van der Waals surface area contributed by atoms with Gasteiger partial charge in [0, 0.05) is 12.1 Å². The van der Waals surface area contributed by atoms with E-state index in [0.717, 1.165) is 0 Å². The van der Waals surface area contributed by atoms with Crippen molar-refractivity contribution in [2.75, 3.05) is 12.0 Å². The lowest BCUT2D eigenvalue weighted by Crippen LogP contribution is -2.27. The Kier molecular flexibility index (Phi) is 6.71. The molecule has 170 valence electrons. The third-order valence-electron chi connectivity index (χ3n) is 4.81. The molecule has 0 atom stereocenters. The third-order valence-corrected chi connectivity index (χ3v) is 6.11. The molecule has 1 saturated heterocycles. The normalized spacial score (nSPS) is 14.4. The minimum absolute atomic E-state index is 0.129. The van der Waals surface area contributed by atoms with E-state index in [-0.39, 0.29) is 28.7 Å². The second kappa shape index (κ2) is 9.86. The Bertz CT molecular complexity index is 1320. The molecule has 8 nitrogen and oxygen atoms in total. The van der Waals surface area contributed by atoms with E-state index in [4.69, 9.17) is 21.7 Å². The Morgan fingerprint density at radius 3 is 2.41 bits per heavy atom. The minimum atomic E-state index is -0.690. The average Bonchev–Trinajstić information content (AvgIpc) is 3.12. The molecular weight excluding hydrogens is 476 g/mol. The highest BCUT2D eigenvalue weighted by atomic mass is 32.2. The highest BCUT2D eigenvalue weighted by Gasteiger charge is 2.33. The molecule has 34 heavy (non-hydrogen) atoms. The van der Waals surface area contributed by atoms with Crippen molar-refractivity contribution in [2.45, 2.75) is 0 Å². The summed E-state index contributed by atoms with van der Waals surface area (Å²) in [6.45, 7) is 0. The Morgan fingerprint density at radius 1 is 1.06 bits per heavy atom. The molecule has 3 aromatic carbocycles. The van der Waals surface area contributed by atoms with Crippen LogP contribution in [0.4, 0.5) is 11.4 Å². The van der Waals surface area contributed by atoms with E-state index in [2.05, 4.69) is 0 Å². The number of carbonyl (C=O) groups excluding carboxylic acids is 2. The second-order valence-corrected chi connectivity index (χ2v) is 8.63. The largest absolute Gasteiger partial charge is 0.493 e. The maximum Gasteiger partial charge on any atom is 0.343 e. The number of methoxy groups -OCH3 is 1. The molecule has 0 radical (unpaired) electrons. The third kappa shape index (κ3) is 4.82. The van der Waals surface area contributed by atoms with E-state index >= 15 is 0 Å². The van der Waals surface area contributed by atoms with Crippen LogP contribution in [0.2, 0.25) is 0 Å². The van der Waals surface area contributed by atoms with Crippen LogP contribution in [0.1, 0.15) is 15.9 Å². The van der Waals surface area contributed by atoms with E-state index in [9.17, 15) is 19.7 Å². The van der Waals surface area contributed by atoms with Crippen LogP contribution in [0.3, 0.4) is 0 Å². The summed E-state index contributed by atoms with van der Waals surface area (Å²) in [6.07, 6.45) is 1.69. The lowest BCUT2D eigenvalue weighted by atomic mass is 10.1. The molecule has 1 heterocycles. The lowest BCUT2D eigenvalue weighted by molar-refractivity contribution is -0.384. The zero-order chi connectivity index (χ0) is 24.2. The van der Waals surface area contributed by atoms with E-state index in [1.807, 2.05) is 30.3 Å². The number of nitro benzene ring substituents is 1. The number of rotatable bonds is 6. The zero-order valence-corrected chi connectivity index (χ0v) is 19.3. The zero-order valence-electron chi connectivity index (χ0n) is 17.7. The monoisotopic (exact) mass is 492 g/mol. The summed E-state index contributed by atoms with van der Waals surface area (Å²) in [5, 5.41) is 10.8. The lowest BCUT2D eigenvalue weighted by Gasteiger charge is -2.13. The summed E-state index contributed by atoms with van der Waals surface area (Å²) in [5.74, 6) is -0.471. The molecule has 10 heteroatoms. The van der Waals surface area contributed by atoms with Crippen molar-refractivity contribution < 1.29 is 24.0 Å². The molecular formula is C24H16N2O6S2. The van der Waals surface area contributed by atoms with Crippen molar-refractivity contribution in [3.8, 4) is 11.5 Å². The summed E-state index contributed by atoms with van der Waals surface area (Å²) in [6, 6.07) is 19.1. The maximum absolute atomic E-state index is 12.9. The SMILES string of the molecule is COc1cc(/C=C2/SC(=S)N(c3ccccc3)C2=O)ccc1OC(=O)c1ccc([N+](=O)[O-])cc1. The van der Waals surface area contributed by atoms with Crippen molar-refractivity contribution in [3.63, 3.8) is 0 Å². The number of esters is 1. The van der Waals surface area contributed by atoms with Crippen LogP contribution in [-0.4, -0.2) is 28.2 Å². The predicted octanol–water partition coefficient (Wildman–Crippen LogP) is 5.23. The van der Waals surface area contributed by atoms with E-state index in [0.29, 0.717) is 20.5 Å². The molecule has 0 aliphatic carbocycles. The number of benzene rings is 3. The van der Waals surface area contributed by atoms with Gasteiger partial charge in [-0.2, -0.15) is 0 Å². The average molecular weight is 493 g/mol. The first kappa shape index (κ1) is 23.1. The van der Waals surface area contributed by atoms with Crippen LogP contribution in [0.15, 0.2) is 77.7 Å². The molecule has 0 spiro atoms. The van der Waals surface area contributed by atoms with Crippen molar-refractivity contribution in [1.29, 1.82) is 0 Å². The number of hydrogen-bond donors (Lipinski definition) is 0. The highest BCUT2D eigenvalue weighted by Crippen LogP contribution is 2.37. The van der Waals surface area contributed by atoms with Crippen molar-refractivity contribution in [3.05, 3.63) is 98.9 Å². The summed E-state index contributed by atoms with van der Waals surface area (Å²) in [5.41, 5.74) is 1.37. The van der Waals surface area contributed by atoms with Gasteiger partial charge in [-0.3, -0.25) is 19.8 Å². The van der Waals surface area contributed by atoms with Crippen LogP contribution in [-0.2, 0) is 4.79 Å². The molecule has 0 saturated carbocycles. The number of non-ortho nitro benzene ring substituents is 1. The minimum Gasteiger partial charge on any atom is -0.493 e. The number of amides is 1. The molecule has 0 N–H and O–H groups in total. The van der Waals surface area contributed by atoms with Gasteiger partial charge in [0.2, 0.25) is 0 Å². The molecule has 1 aliphatic rings. The van der Waals surface area contributed by atoms with Gasteiger partial charge in [0.15, 0.2) is 15.8 Å². The number of ether oxygens (including phenoxy) is 2. The molecule has 1 amide bonds. The molecule has 1 fully saturated rings. The van der Waals surface area contributed by atoms with Gasteiger partial charge in [0.1, 0.15) is 0 Å². The number of anilines is 1. The standard InChI is InChI=1S/C24H16N2O6S2/c1-31-20-13-15(14-21-22(27)25(24(33)34-21)17-5-3-2-4-6-17)7-12-19(20)32-23(28)16-8-10-18(11-9-16)26(29)30/h2-14H,1H3/b21-14+. The molecule has 0 bridgehead atoms. The molecule has 4 rings (SSSR count). The quantitative estimate of drug-likeness (QED) is 0.115. The summed E-state index contributed by atoms with van der Waals surface area (Å²) in [4.78, 5) is 37.5. The number of nitro groups is 1. The molecule has 0 aromatic heterocycles. The second-order valence-electron chi connectivity index (χ2n) is 6.96. The van der Waals surface area contributed by atoms with Crippen LogP contribution < -0.4 is 14.4 Å². The Balaban J connectivity index is 1.54. The van der Waals surface area contributed by atoms with Gasteiger partial charge in [-0.15, -0.1) is 0 Å². The van der Waals surface area contributed by atoms with Gasteiger partial charge in [0.05, 0.1) is 28.2 Å². The van der Waals surface area contributed by atoms with E-state index in [1.54, 1.807) is 24.3 Å². The Hall–Kier alpha value is -4.02. The van der Waals surface area contributed by atoms with E-state index in [1.165, 1.54) is 48.0 Å². The molecule has 1 aliphatic heterocycles. The first-order valence-corrected chi connectivity index (χ1v) is 11.1. The van der Waals surface area contributed by atoms with E-state index < -0.39 is 10.9 Å². The first-order chi connectivity index (χ1) is 16.4. The fourth-order valence-corrected chi connectivity index (χ4v) is 4.45. The van der Waals surface area contributed by atoms with Gasteiger partial charge in [-0.25, -0.2) is 4.79 Å². The van der Waals surface area contributed by atoms with Crippen LogP contribution in [0, 0.1) is 10.1 Å². The predicted molar refractivity (Wildman–Crippen MR) is 133 cm³/mol.